The molecule has 1 N–H and O–H groups in total. The maximum atomic E-state index is 9.38. The topological polar surface area (TPSA) is 29.1 Å². The zero-order valence-electron chi connectivity index (χ0n) is 2.76. The minimum atomic E-state index is 0.608. The third kappa shape index (κ3) is 4.41. The third-order valence-corrected chi connectivity index (χ3v) is 1.70. The van der Waals surface area contributed by atoms with Crippen LogP contribution in [0.3, 0.4) is 0 Å². The standard InChI is InChI=1S/CH3ClNOPS/c2-5-6-3-1-4/h1,6H,(H,3,4). The molecule has 0 aliphatic carbocycles. The van der Waals surface area contributed by atoms with Crippen LogP contribution < -0.4 is 4.72 Å². The van der Waals surface area contributed by atoms with Crippen molar-refractivity contribution in [3.63, 3.8) is 0 Å². The monoisotopic (exact) mass is 143 g/mol. The Morgan fingerprint density at radius 2 is 2.67 bits per heavy atom. The normalized spacial score (nSPS) is 10.2. The molecule has 0 aromatic heterocycles. The zero-order valence-corrected chi connectivity index (χ0v) is 5.30. The van der Waals surface area contributed by atoms with Gasteiger partial charge in [0.2, 0.25) is 6.41 Å². The van der Waals surface area contributed by atoms with Crippen molar-refractivity contribution in [1.29, 1.82) is 0 Å². The molecule has 0 saturated heterocycles. The van der Waals surface area contributed by atoms with Gasteiger partial charge in [-0.1, -0.05) is 11.1 Å². The van der Waals surface area contributed by atoms with Gasteiger partial charge in [-0.3, -0.25) is 4.79 Å². The van der Waals surface area contributed by atoms with Gasteiger partial charge in [0.25, 0.3) is 0 Å². The molecular weight excluding hydrogens is 141 g/mol. The Labute approximate surface area is 45.6 Å². The van der Waals surface area contributed by atoms with Gasteiger partial charge in [0.05, 0.1) is 6.71 Å². The number of nitrogens with one attached hydrogen (secondary N) is 1. The van der Waals surface area contributed by atoms with Gasteiger partial charge < -0.3 is 4.72 Å². The van der Waals surface area contributed by atoms with E-state index in [0.29, 0.717) is 13.1 Å². The lowest BCUT2D eigenvalue weighted by molar-refractivity contribution is -0.107. The van der Waals surface area contributed by atoms with Crippen molar-refractivity contribution in [1.82, 2.24) is 4.72 Å². The molecule has 0 aromatic carbocycles. The van der Waals surface area contributed by atoms with E-state index in [1.54, 1.807) is 0 Å². The van der Waals surface area contributed by atoms with Crippen molar-refractivity contribution < 1.29 is 4.79 Å². The van der Waals surface area contributed by atoms with Gasteiger partial charge in [-0.2, -0.15) is 0 Å². The molecule has 0 fully saturated rings. The fourth-order valence-corrected chi connectivity index (χ4v) is 0.801. The SMILES string of the molecule is O=CN[SH]=PCl. The maximum absolute atomic E-state index is 9.38. The summed E-state index contributed by atoms with van der Waals surface area (Å²) in [7, 11) is 0. The Kier molecular flexibility index (Phi) is 5.78. The summed E-state index contributed by atoms with van der Waals surface area (Å²) in [5.41, 5.74) is 0. The fraction of sp³-hybridized carbons (Fsp3) is 0. The number of thiol groups is 1. The average molecular weight is 144 g/mol. The average Bonchev–Trinajstić information content (AvgIpc) is 1.61. The number of hydrogen-bond donors (Lipinski definition) is 2. The highest BCUT2D eigenvalue weighted by atomic mass is 35.7. The number of carbonyl (C=O) groups is 1. The Hall–Kier alpha value is 0.410. The first-order valence-corrected chi connectivity index (χ1v) is 4.52. The van der Waals surface area contributed by atoms with Crippen LogP contribution in [0.25, 0.3) is 0 Å². The van der Waals surface area contributed by atoms with Gasteiger partial charge in [-0.15, -0.1) is 0 Å². The Morgan fingerprint density at radius 1 is 2.00 bits per heavy atom. The summed E-state index contributed by atoms with van der Waals surface area (Å²) in [6.07, 6.45) is 0.608. The molecular formula is CH3ClNOPS. The summed E-state index contributed by atoms with van der Waals surface area (Å²) in [5, 5.41) is 0. The molecule has 0 spiro atoms. The lowest BCUT2D eigenvalue weighted by Gasteiger charge is -1.73. The van der Waals surface area contributed by atoms with Gasteiger partial charge in [0, 0.05) is 0 Å². The predicted molar refractivity (Wildman–Crippen MR) is 30.7 cm³/mol. The summed E-state index contributed by atoms with van der Waals surface area (Å²) in [5.74, 6) is 0. The second kappa shape index (κ2) is 5.41. The van der Waals surface area contributed by atoms with E-state index in [0.717, 1.165) is 11.1 Å². The minimum absolute atomic E-state index is 0.608. The van der Waals surface area contributed by atoms with Crippen molar-refractivity contribution >= 4 is 35.5 Å². The van der Waals surface area contributed by atoms with Crippen molar-refractivity contribution in [3.8, 4) is 0 Å². The summed E-state index contributed by atoms with van der Waals surface area (Å²) >= 11 is 5.85. The molecule has 6 heavy (non-hydrogen) atoms. The smallest absolute Gasteiger partial charge is 0.216 e. The molecule has 0 heterocycles. The summed E-state index contributed by atoms with van der Waals surface area (Å²) < 4.78 is 2.35. The van der Waals surface area contributed by atoms with E-state index >= 15 is 0 Å². The van der Waals surface area contributed by atoms with E-state index < -0.39 is 0 Å². The lowest BCUT2D eigenvalue weighted by Crippen LogP contribution is -1.98. The van der Waals surface area contributed by atoms with Crippen molar-refractivity contribution in [2.24, 2.45) is 0 Å². The summed E-state index contributed by atoms with van der Waals surface area (Å²) in [6, 6.07) is 0. The Morgan fingerprint density at radius 3 is 2.83 bits per heavy atom. The van der Waals surface area contributed by atoms with E-state index in [-0.39, 0.29) is 0 Å². The van der Waals surface area contributed by atoms with Gasteiger partial charge in [0.1, 0.15) is 0 Å². The second-order valence-corrected chi connectivity index (χ2v) is 3.45. The van der Waals surface area contributed by atoms with E-state index in [9.17, 15) is 4.79 Å². The van der Waals surface area contributed by atoms with Crippen LogP contribution >= 0.6 is 17.9 Å². The fourth-order valence-electron chi connectivity index (χ4n) is 0.0454. The first-order valence-electron chi connectivity index (χ1n) is 1.12. The van der Waals surface area contributed by atoms with Gasteiger partial charge in [-0.25, -0.2) is 0 Å². The number of hydrogen-bond acceptors (Lipinski definition) is 1. The molecule has 0 unspecified atom stereocenters. The quantitative estimate of drug-likeness (QED) is 0.329. The first-order chi connectivity index (χ1) is 2.91. The van der Waals surface area contributed by atoms with Crippen LogP contribution in [0.2, 0.25) is 0 Å². The van der Waals surface area contributed by atoms with Crippen LogP contribution in [-0.4, -0.2) is 6.41 Å². The molecule has 0 aromatic rings. The van der Waals surface area contributed by atoms with E-state index in [2.05, 4.69) is 4.72 Å². The highest BCUT2D eigenvalue weighted by molar-refractivity contribution is 8.16. The highest BCUT2D eigenvalue weighted by Crippen LogP contribution is 1.97. The van der Waals surface area contributed by atoms with Crippen LogP contribution in [0.4, 0.5) is 0 Å². The van der Waals surface area contributed by atoms with Gasteiger partial charge in [-0.05, 0) is 11.2 Å². The molecule has 0 atom stereocenters. The first kappa shape index (κ1) is 6.41. The van der Waals surface area contributed by atoms with Crippen molar-refractivity contribution in [3.05, 3.63) is 0 Å². The van der Waals surface area contributed by atoms with Crippen molar-refractivity contribution in [2.75, 3.05) is 0 Å². The highest BCUT2D eigenvalue weighted by Gasteiger charge is 1.56. The molecule has 36 valence electrons. The van der Waals surface area contributed by atoms with Gasteiger partial charge >= 0.3 is 0 Å². The Balaban J connectivity index is 2.85. The van der Waals surface area contributed by atoms with Crippen LogP contribution in [-0.2, 0) is 15.9 Å². The minimum Gasteiger partial charge on any atom is -0.307 e. The zero-order chi connectivity index (χ0) is 4.83. The summed E-state index contributed by atoms with van der Waals surface area (Å²) in [6.45, 7) is 0.647. The van der Waals surface area contributed by atoms with Crippen molar-refractivity contribution in [2.45, 2.75) is 0 Å². The molecule has 0 aliphatic heterocycles. The van der Waals surface area contributed by atoms with E-state index in [1.807, 2.05) is 0 Å². The van der Waals surface area contributed by atoms with Gasteiger partial charge in [0.15, 0.2) is 0 Å². The van der Waals surface area contributed by atoms with Crippen LogP contribution in [0.5, 0.6) is 0 Å². The van der Waals surface area contributed by atoms with E-state index in [4.69, 9.17) is 11.2 Å². The molecule has 0 radical (unpaired) electrons. The van der Waals surface area contributed by atoms with Crippen LogP contribution in [0, 0.1) is 0 Å². The molecule has 0 bridgehead atoms. The number of rotatable bonds is 2. The lowest BCUT2D eigenvalue weighted by atomic mass is 11.5. The molecule has 0 rings (SSSR count). The predicted octanol–water partition coefficient (Wildman–Crippen LogP) is 0.477. The molecule has 1 amide bonds. The molecule has 0 saturated carbocycles. The second-order valence-electron chi connectivity index (χ2n) is 0.423. The molecule has 5 heteroatoms. The van der Waals surface area contributed by atoms with Crippen LogP contribution in [0.15, 0.2) is 0 Å². The Bertz CT molecular complexity index is 66.6. The summed E-state index contributed by atoms with van der Waals surface area (Å²) in [4.78, 5) is 9.38. The molecule has 0 aliphatic rings. The van der Waals surface area contributed by atoms with Crippen LogP contribution in [0.1, 0.15) is 0 Å². The molecule has 2 nitrogen and oxygen atoms in total. The largest absolute Gasteiger partial charge is 0.307 e. The maximum Gasteiger partial charge on any atom is 0.216 e. The number of carbonyl (C=O) groups excluding carboxylic acids is 1. The van der Waals surface area contributed by atoms with E-state index in [1.165, 1.54) is 0 Å². The number of halogens is 1. The number of amides is 1. The third-order valence-electron chi connectivity index (χ3n) is 0.148.